The minimum absolute atomic E-state index is 0.0856. The predicted octanol–water partition coefficient (Wildman–Crippen LogP) is 6.98. The number of allylic oxidation sites excluding steroid dienone is 1. The van der Waals surface area contributed by atoms with E-state index in [0.717, 1.165) is 103 Å². The fourth-order valence-electron chi connectivity index (χ4n) is 9.85. The molecule has 1 atom stereocenters. The lowest BCUT2D eigenvalue weighted by Crippen LogP contribution is -2.52. The second kappa shape index (κ2) is 15.5. The molecule has 3 aromatic carbocycles. The van der Waals surface area contributed by atoms with Crippen LogP contribution in [0.5, 0.6) is 0 Å². The summed E-state index contributed by atoms with van der Waals surface area (Å²) in [5.41, 5.74) is 8.22. The monoisotopic (exact) mass is 797 g/mol. The van der Waals surface area contributed by atoms with Gasteiger partial charge in [0.15, 0.2) is 0 Å². The number of nitrogens with one attached hydrogen (secondary N) is 2. The van der Waals surface area contributed by atoms with Crippen LogP contribution in [0.3, 0.4) is 0 Å². The number of carbonyl (C=O) groups is 3. The van der Waals surface area contributed by atoms with Crippen molar-refractivity contribution in [1.29, 1.82) is 0 Å². The summed E-state index contributed by atoms with van der Waals surface area (Å²) in [6, 6.07) is 17.2. The van der Waals surface area contributed by atoms with Gasteiger partial charge in [-0.3, -0.25) is 29.7 Å². The Hall–Kier alpha value is -5.24. The van der Waals surface area contributed by atoms with E-state index in [4.69, 9.17) is 0 Å². The summed E-state index contributed by atoms with van der Waals surface area (Å²) in [7, 11) is 0. The second-order valence-corrected chi connectivity index (χ2v) is 16.5. The highest BCUT2D eigenvalue weighted by atomic mass is 19.4. The van der Waals surface area contributed by atoms with Gasteiger partial charge in [0.25, 0.3) is 5.91 Å². The largest absolute Gasteiger partial charge is 0.389 e. The quantitative estimate of drug-likeness (QED) is 0.147. The fraction of sp³-hybridized carbons (Fsp3) is 0.455. The Morgan fingerprint density at radius 3 is 2.26 bits per heavy atom. The molecule has 2 N–H and O–H groups in total. The number of piperidine rings is 2. The fourth-order valence-corrected chi connectivity index (χ4v) is 9.85. The number of halogens is 4. The molecular formula is C44H47F4N7O3. The van der Waals surface area contributed by atoms with Crippen molar-refractivity contribution in [3.05, 3.63) is 93.9 Å². The molecule has 304 valence electrons. The molecule has 0 unspecified atom stereocenters. The van der Waals surface area contributed by atoms with Crippen molar-refractivity contribution in [3.63, 3.8) is 0 Å². The number of nitrogens with zero attached hydrogens (tertiary/aromatic N) is 5. The SMILES string of the molecule is O=C1CC[C@H](N2Cc3cc(N4CCN(CC5CCN(c6ccc(C7=C(CCC(F)(F)F)CCCc8c7ccc7n[nH]c(F)c87)cc6)CC5)CC4)ccc3C2=O)C(=O)N1. The highest BCUT2D eigenvalue weighted by molar-refractivity contribution is 6.05. The zero-order valence-corrected chi connectivity index (χ0v) is 32.3. The minimum Gasteiger partial charge on any atom is -0.372 e. The third kappa shape index (κ3) is 7.58. The van der Waals surface area contributed by atoms with E-state index >= 15 is 0 Å². The van der Waals surface area contributed by atoms with Crippen molar-refractivity contribution in [2.45, 2.75) is 76.6 Å². The van der Waals surface area contributed by atoms with E-state index in [1.54, 1.807) is 11.0 Å². The van der Waals surface area contributed by atoms with E-state index in [0.29, 0.717) is 54.6 Å². The summed E-state index contributed by atoms with van der Waals surface area (Å²) in [6.07, 6.45) is -0.797. The Morgan fingerprint density at radius 1 is 0.793 bits per heavy atom. The van der Waals surface area contributed by atoms with Gasteiger partial charge in [0.1, 0.15) is 6.04 Å². The zero-order chi connectivity index (χ0) is 40.1. The molecule has 0 saturated carbocycles. The number of imide groups is 1. The summed E-state index contributed by atoms with van der Waals surface area (Å²) >= 11 is 0. The number of H-pyrrole nitrogens is 1. The van der Waals surface area contributed by atoms with Gasteiger partial charge >= 0.3 is 6.18 Å². The third-order valence-corrected chi connectivity index (χ3v) is 12.9. The molecule has 5 heterocycles. The highest BCUT2D eigenvalue weighted by Gasteiger charge is 2.39. The van der Waals surface area contributed by atoms with E-state index in [2.05, 4.69) is 48.4 Å². The number of aromatic nitrogens is 2. The smallest absolute Gasteiger partial charge is 0.372 e. The predicted molar refractivity (Wildman–Crippen MR) is 213 cm³/mol. The number of aromatic amines is 1. The Bertz CT molecular complexity index is 2270. The molecule has 0 spiro atoms. The van der Waals surface area contributed by atoms with E-state index in [1.807, 2.05) is 30.3 Å². The number of benzene rings is 3. The number of alkyl halides is 3. The first-order valence-corrected chi connectivity index (χ1v) is 20.5. The molecule has 9 rings (SSSR count). The summed E-state index contributed by atoms with van der Waals surface area (Å²) in [5.74, 6) is -0.783. The first-order valence-electron chi connectivity index (χ1n) is 20.5. The number of aryl methyl sites for hydroxylation is 1. The van der Waals surface area contributed by atoms with Crippen molar-refractivity contribution in [3.8, 4) is 0 Å². The molecule has 14 heteroatoms. The van der Waals surface area contributed by atoms with E-state index < -0.39 is 30.5 Å². The first kappa shape index (κ1) is 38.3. The maximum absolute atomic E-state index is 14.9. The molecule has 4 aliphatic heterocycles. The van der Waals surface area contributed by atoms with Crippen molar-refractivity contribution in [2.24, 2.45) is 5.92 Å². The van der Waals surface area contributed by atoms with E-state index in [1.165, 1.54) is 0 Å². The van der Waals surface area contributed by atoms with Gasteiger partial charge in [0.05, 0.1) is 10.9 Å². The van der Waals surface area contributed by atoms with Crippen LogP contribution in [-0.2, 0) is 22.6 Å². The summed E-state index contributed by atoms with van der Waals surface area (Å²) in [5, 5.41) is 9.31. The molecule has 3 fully saturated rings. The Morgan fingerprint density at radius 2 is 1.52 bits per heavy atom. The summed E-state index contributed by atoms with van der Waals surface area (Å²) < 4.78 is 55.3. The van der Waals surface area contributed by atoms with Crippen LogP contribution in [0, 0.1) is 11.9 Å². The molecule has 1 aliphatic carbocycles. The zero-order valence-electron chi connectivity index (χ0n) is 32.3. The molecule has 0 radical (unpaired) electrons. The molecule has 1 aromatic heterocycles. The highest BCUT2D eigenvalue weighted by Crippen LogP contribution is 2.42. The lowest BCUT2D eigenvalue weighted by Gasteiger charge is -2.40. The molecule has 3 saturated heterocycles. The Balaban J connectivity index is 0.806. The Kier molecular flexibility index (Phi) is 10.2. The maximum Gasteiger partial charge on any atom is 0.389 e. The molecule has 0 bridgehead atoms. The van der Waals surface area contributed by atoms with Crippen LogP contribution in [-0.4, -0.2) is 95.8 Å². The molecule has 58 heavy (non-hydrogen) atoms. The number of carbonyl (C=O) groups excluding carboxylic acids is 3. The summed E-state index contributed by atoms with van der Waals surface area (Å²) in [4.78, 5) is 46.1. The van der Waals surface area contributed by atoms with Crippen molar-refractivity contribution >= 4 is 45.6 Å². The number of hydrogen-bond acceptors (Lipinski definition) is 7. The van der Waals surface area contributed by atoms with Crippen LogP contribution < -0.4 is 15.1 Å². The normalized spacial score (nSPS) is 21.1. The number of hydrogen-bond donors (Lipinski definition) is 2. The van der Waals surface area contributed by atoms with Gasteiger partial charge in [0, 0.05) is 82.1 Å². The molecule has 10 nitrogen and oxygen atoms in total. The topological polar surface area (TPSA) is 105 Å². The van der Waals surface area contributed by atoms with E-state index in [-0.39, 0.29) is 24.7 Å². The summed E-state index contributed by atoms with van der Waals surface area (Å²) in [6.45, 7) is 6.92. The van der Waals surface area contributed by atoms with Gasteiger partial charge in [-0.05, 0) is 115 Å². The second-order valence-electron chi connectivity index (χ2n) is 16.5. The average Bonchev–Trinajstić information content (AvgIpc) is 3.69. The number of amides is 3. The molecule has 4 aromatic rings. The van der Waals surface area contributed by atoms with Crippen LogP contribution in [0.25, 0.3) is 16.5 Å². The van der Waals surface area contributed by atoms with Crippen molar-refractivity contribution in [2.75, 3.05) is 55.6 Å². The van der Waals surface area contributed by atoms with Crippen LogP contribution in [0.4, 0.5) is 28.9 Å². The minimum atomic E-state index is -4.27. The number of anilines is 2. The number of piperazine rings is 1. The standard InChI is InChI=1S/C44H47F4N7O3/c45-41-40-34-3-1-2-28(14-17-44(46,47)48)39(35(34)10-11-36(40)50-51-41)29-4-6-31(7-5-29)53-18-15-27(16-19-53)25-52-20-22-54(23-21-52)32-8-9-33-30(24-32)26-55(43(33)58)37-12-13-38(56)49-42(37)57/h4-11,24,27,37H,1-3,12-23,25-26H2,(H,50,51)(H,49,56,57)/t37-/m0/s1. The maximum atomic E-state index is 14.9. The van der Waals surface area contributed by atoms with Gasteiger partial charge < -0.3 is 14.7 Å². The number of fused-ring (bicyclic) bond motifs is 4. The lowest BCUT2D eigenvalue weighted by molar-refractivity contribution is -0.137. The van der Waals surface area contributed by atoms with Gasteiger partial charge in [-0.1, -0.05) is 23.8 Å². The van der Waals surface area contributed by atoms with Crippen LogP contribution in [0.2, 0.25) is 0 Å². The van der Waals surface area contributed by atoms with Crippen molar-refractivity contribution < 1.29 is 31.9 Å². The van der Waals surface area contributed by atoms with Crippen molar-refractivity contribution in [1.82, 2.24) is 25.3 Å². The number of rotatable bonds is 8. The Labute approximate surface area is 334 Å². The van der Waals surface area contributed by atoms with Gasteiger partial charge in [-0.15, -0.1) is 0 Å². The molecule has 3 amide bonds. The first-order chi connectivity index (χ1) is 28.0. The van der Waals surface area contributed by atoms with Crippen LogP contribution in [0.15, 0.2) is 60.2 Å². The average molecular weight is 798 g/mol. The lowest BCUT2D eigenvalue weighted by atomic mass is 9.88. The van der Waals surface area contributed by atoms with Gasteiger partial charge in [0.2, 0.25) is 17.8 Å². The third-order valence-electron chi connectivity index (χ3n) is 12.9. The molecule has 5 aliphatic rings. The van der Waals surface area contributed by atoms with Crippen LogP contribution in [0.1, 0.15) is 84.0 Å². The molecular weight excluding hydrogens is 751 g/mol. The van der Waals surface area contributed by atoms with Gasteiger partial charge in [-0.25, -0.2) is 0 Å². The van der Waals surface area contributed by atoms with Crippen LogP contribution >= 0.6 is 0 Å². The van der Waals surface area contributed by atoms with Gasteiger partial charge in [-0.2, -0.15) is 22.7 Å². The van der Waals surface area contributed by atoms with E-state index in [9.17, 15) is 31.9 Å².